The lowest BCUT2D eigenvalue weighted by Gasteiger charge is -2.11. The summed E-state index contributed by atoms with van der Waals surface area (Å²) in [5.41, 5.74) is 2.38. The van der Waals surface area contributed by atoms with Gasteiger partial charge in [-0.25, -0.2) is 0 Å². The van der Waals surface area contributed by atoms with Crippen molar-refractivity contribution in [2.24, 2.45) is 0 Å². The highest BCUT2D eigenvalue weighted by Gasteiger charge is 2.14. The number of aryl methyl sites for hydroxylation is 2. The monoisotopic (exact) mass is 374 g/mol. The maximum absolute atomic E-state index is 12.4. The lowest BCUT2D eigenvalue weighted by molar-refractivity contribution is 0.102. The topological polar surface area (TPSA) is 90.6 Å². The Morgan fingerprint density at radius 2 is 2.04 bits per heavy atom. The molecule has 3 N–H and O–H groups in total. The van der Waals surface area contributed by atoms with E-state index in [9.17, 15) is 9.59 Å². The number of halogens is 1. The minimum atomic E-state index is -0.430. The highest BCUT2D eigenvalue weighted by atomic mass is 35.5. The summed E-state index contributed by atoms with van der Waals surface area (Å²) in [6, 6.07) is 8.83. The van der Waals surface area contributed by atoms with Gasteiger partial charge in [0, 0.05) is 16.8 Å². The second-order valence-electron chi connectivity index (χ2n) is 5.38. The average Bonchev–Trinajstić information content (AvgIpc) is 2.91. The summed E-state index contributed by atoms with van der Waals surface area (Å²) < 4.78 is 0. The molecule has 0 aliphatic rings. The van der Waals surface area contributed by atoms with Crippen molar-refractivity contribution in [3.8, 4) is 0 Å². The van der Waals surface area contributed by atoms with Gasteiger partial charge in [0.25, 0.3) is 11.5 Å². The summed E-state index contributed by atoms with van der Waals surface area (Å²) >= 11 is 7.31. The van der Waals surface area contributed by atoms with Gasteiger partial charge in [-0.05, 0) is 32.0 Å². The number of para-hydroxylation sites is 1. The minimum absolute atomic E-state index is 0.0278. The number of benzene rings is 1. The molecule has 2 heterocycles. The SMILES string of the molecule is Cc1n[nH]c(C)c1Sc1ccccc1NC(=O)c1c[nH]c(=O)c(Cl)c1. The molecule has 1 aromatic carbocycles. The summed E-state index contributed by atoms with van der Waals surface area (Å²) in [4.78, 5) is 28.1. The van der Waals surface area contributed by atoms with Crippen molar-refractivity contribution >= 4 is 35.0 Å². The average molecular weight is 375 g/mol. The molecular weight excluding hydrogens is 360 g/mol. The second kappa shape index (κ2) is 7.16. The Balaban J connectivity index is 1.87. The van der Waals surface area contributed by atoms with Crippen LogP contribution in [0.5, 0.6) is 0 Å². The molecule has 0 atom stereocenters. The number of aromatic amines is 2. The van der Waals surface area contributed by atoms with Gasteiger partial charge >= 0.3 is 0 Å². The summed E-state index contributed by atoms with van der Waals surface area (Å²) in [5.74, 6) is -0.355. The zero-order valence-corrected chi connectivity index (χ0v) is 15.1. The number of aromatic nitrogens is 3. The van der Waals surface area contributed by atoms with Crippen LogP contribution in [0.25, 0.3) is 0 Å². The van der Waals surface area contributed by atoms with Crippen LogP contribution in [0.15, 0.2) is 51.1 Å². The molecule has 0 saturated carbocycles. The van der Waals surface area contributed by atoms with Crippen LogP contribution in [0.1, 0.15) is 21.7 Å². The Hall–Kier alpha value is -2.51. The molecule has 8 heteroatoms. The Morgan fingerprint density at radius 3 is 2.72 bits per heavy atom. The molecule has 128 valence electrons. The highest BCUT2D eigenvalue weighted by molar-refractivity contribution is 7.99. The van der Waals surface area contributed by atoms with Crippen LogP contribution in [0.4, 0.5) is 5.69 Å². The molecular formula is C17H15ClN4O2S. The molecule has 0 aliphatic carbocycles. The van der Waals surface area contributed by atoms with E-state index in [0.29, 0.717) is 5.69 Å². The maximum Gasteiger partial charge on any atom is 0.266 e. The van der Waals surface area contributed by atoms with Crippen LogP contribution in [0.2, 0.25) is 5.02 Å². The van der Waals surface area contributed by atoms with E-state index >= 15 is 0 Å². The van der Waals surface area contributed by atoms with Gasteiger partial charge in [-0.3, -0.25) is 14.7 Å². The van der Waals surface area contributed by atoms with E-state index in [0.717, 1.165) is 21.2 Å². The number of nitrogens with one attached hydrogen (secondary N) is 3. The molecule has 0 spiro atoms. The van der Waals surface area contributed by atoms with Crippen molar-refractivity contribution in [1.82, 2.24) is 15.2 Å². The first-order valence-corrected chi connectivity index (χ1v) is 8.63. The maximum atomic E-state index is 12.4. The Kier molecular flexibility index (Phi) is 4.96. The molecule has 25 heavy (non-hydrogen) atoms. The molecule has 6 nitrogen and oxygen atoms in total. The smallest absolute Gasteiger partial charge is 0.266 e. The number of hydrogen-bond acceptors (Lipinski definition) is 4. The lowest BCUT2D eigenvalue weighted by atomic mass is 10.2. The first-order chi connectivity index (χ1) is 12.0. The van der Waals surface area contributed by atoms with E-state index in [1.807, 2.05) is 38.1 Å². The third kappa shape index (κ3) is 3.78. The fourth-order valence-electron chi connectivity index (χ4n) is 2.24. The number of rotatable bonds is 4. The molecule has 0 unspecified atom stereocenters. The summed E-state index contributed by atoms with van der Waals surface area (Å²) in [6.07, 6.45) is 1.34. The number of carbonyl (C=O) groups is 1. The zero-order valence-electron chi connectivity index (χ0n) is 13.5. The number of H-pyrrole nitrogens is 2. The number of carbonyl (C=O) groups excluding carboxylic acids is 1. The third-order valence-corrected chi connectivity index (χ3v) is 5.19. The largest absolute Gasteiger partial charge is 0.327 e. The van der Waals surface area contributed by atoms with Gasteiger partial charge in [0.15, 0.2) is 0 Å². The predicted molar refractivity (Wildman–Crippen MR) is 98.7 cm³/mol. The normalized spacial score (nSPS) is 10.7. The number of nitrogens with zero attached hydrogens (tertiary/aromatic N) is 1. The second-order valence-corrected chi connectivity index (χ2v) is 6.84. The van der Waals surface area contributed by atoms with Gasteiger partial charge < -0.3 is 10.3 Å². The molecule has 1 amide bonds. The quantitative estimate of drug-likeness (QED) is 0.648. The van der Waals surface area contributed by atoms with Crippen LogP contribution < -0.4 is 10.9 Å². The van der Waals surface area contributed by atoms with Crippen molar-refractivity contribution in [1.29, 1.82) is 0 Å². The van der Waals surface area contributed by atoms with Gasteiger partial charge in [0.1, 0.15) is 5.02 Å². The molecule has 0 saturated heterocycles. The van der Waals surface area contributed by atoms with Crippen molar-refractivity contribution in [3.63, 3.8) is 0 Å². The fraction of sp³-hybridized carbons (Fsp3) is 0.118. The highest BCUT2D eigenvalue weighted by Crippen LogP contribution is 2.36. The summed E-state index contributed by atoms with van der Waals surface area (Å²) in [7, 11) is 0. The van der Waals surface area contributed by atoms with Gasteiger partial charge in [0.05, 0.1) is 21.8 Å². The van der Waals surface area contributed by atoms with Crippen molar-refractivity contribution < 1.29 is 4.79 Å². The van der Waals surface area contributed by atoms with E-state index in [4.69, 9.17) is 11.6 Å². The standard InChI is InChI=1S/C17H15ClN4O2S/c1-9-15(10(2)22-21-9)25-14-6-4-3-5-13(14)20-16(23)11-7-12(18)17(24)19-8-11/h3-8H,1-2H3,(H,19,24)(H,20,23)(H,21,22). The van der Waals surface area contributed by atoms with E-state index < -0.39 is 5.56 Å². The van der Waals surface area contributed by atoms with Crippen LogP contribution in [0.3, 0.4) is 0 Å². The Morgan fingerprint density at radius 1 is 1.28 bits per heavy atom. The first kappa shape index (κ1) is 17.3. The molecule has 3 rings (SSSR count). The number of pyridine rings is 1. The van der Waals surface area contributed by atoms with Crippen LogP contribution in [-0.4, -0.2) is 21.1 Å². The van der Waals surface area contributed by atoms with Crippen molar-refractivity contribution in [3.05, 3.63) is 68.9 Å². The van der Waals surface area contributed by atoms with E-state index in [1.165, 1.54) is 24.0 Å². The fourth-order valence-corrected chi connectivity index (χ4v) is 3.40. The minimum Gasteiger partial charge on any atom is -0.327 e. The van der Waals surface area contributed by atoms with E-state index in [-0.39, 0.29) is 16.5 Å². The van der Waals surface area contributed by atoms with Gasteiger partial charge in [0.2, 0.25) is 0 Å². The van der Waals surface area contributed by atoms with E-state index in [2.05, 4.69) is 20.5 Å². The zero-order chi connectivity index (χ0) is 18.0. The third-order valence-electron chi connectivity index (χ3n) is 3.53. The van der Waals surface area contributed by atoms with Gasteiger partial charge in [-0.15, -0.1) is 0 Å². The van der Waals surface area contributed by atoms with Crippen LogP contribution in [-0.2, 0) is 0 Å². The molecule has 0 aliphatic heterocycles. The van der Waals surface area contributed by atoms with Gasteiger partial charge in [-0.2, -0.15) is 5.10 Å². The lowest BCUT2D eigenvalue weighted by Crippen LogP contribution is -2.15. The summed E-state index contributed by atoms with van der Waals surface area (Å²) in [5, 5.41) is 9.96. The van der Waals surface area contributed by atoms with Crippen molar-refractivity contribution in [2.75, 3.05) is 5.32 Å². The number of anilines is 1. The number of amides is 1. The van der Waals surface area contributed by atoms with Crippen molar-refractivity contribution in [2.45, 2.75) is 23.6 Å². The first-order valence-electron chi connectivity index (χ1n) is 7.43. The van der Waals surface area contributed by atoms with Crippen LogP contribution in [0, 0.1) is 13.8 Å². The van der Waals surface area contributed by atoms with Crippen LogP contribution >= 0.6 is 23.4 Å². The van der Waals surface area contributed by atoms with Gasteiger partial charge in [-0.1, -0.05) is 35.5 Å². The summed E-state index contributed by atoms with van der Waals surface area (Å²) in [6.45, 7) is 3.88. The predicted octanol–water partition coefficient (Wildman–Crippen LogP) is 3.77. The molecule has 0 radical (unpaired) electrons. The van der Waals surface area contributed by atoms with E-state index in [1.54, 1.807) is 0 Å². The Labute approximate surface area is 153 Å². The molecule has 0 fully saturated rings. The number of hydrogen-bond donors (Lipinski definition) is 3. The molecule has 3 aromatic rings. The Bertz CT molecular complexity index is 977. The molecule has 0 bridgehead atoms. The molecule has 2 aromatic heterocycles.